The zero-order valence-electron chi connectivity index (χ0n) is 30.1. The molecule has 274 valence electrons. The van der Waals surface area contributed by atoms with Gasteiger partial charge >= 0.3 is 7.82 Å². The van der Waals surface area contributed by atoms with Crippen LogP contribution in [0.1, 0.15) is 181 Å². The first-order chi connectivity index (χ1) is 22.4. The van der Waals surface area contributed by atoms with Crippen LogP contribution in [0, 0.1) is 0 Å². The number of carbonyl (C=O) groups excluding carboxylic acids is 1. The second kappa shape index (κ2) is 34.6. The average Bonchev–Trinajstić information content (AvgIpc) is 3.06. The summed E-state index contributed by atoms with van der Waals surface area (Å²) in [6, 6.07) is -0.751. The minimum Gasteiger partial charge on any atom is -0.387 e. The number of nitrogens with one attached hydrogen (secondary N) is 1. The summed E-state index contributed by atoms with van der Waals surface area (Å²) in [5.74, 6) is -0.136. The monoisotopic (exact) mass is 737 g/mol. The molecular weight excluding hydrogens is 665 g/mol. The molecule has 0 aliphatic carbocycles. The van der Waals surface area contributed by atoms with E-state index in [4.69, 9.17) is 13.6 Å². The van der Waals surface area contributed by atoms with Gasteiger partial charge in [0.15, 0.2) is 0 Å². The normalized spacial score (nSPS) is 14.5. The van der Waals surface area contributed by atoms with Crippen LogP contribution < -0.4 is 5.32 Å². The van der Waals surface area contributed by atoms with E-state index >= 15 is 0 Å². The van der Waals surface area contributed by atoms with Crippen LogP contribution in [0.3, 0.4) is 0 Å². The third-order valence-corrected chi connectivity index (χ3v) is 10.3. The molecule has 0 aliphatic heterocycles. The van der Waals surface area contributed by atoms with E-state index in [0.717, 1.165) is 32.1 Å². The quantitative estimate of drug-likeness (QED) is 0.0288. The van der Waals surface area contributed by atoms with Gasteiger partial charge in [0, 0.05) is 18.9 Å². The number of aliphatic hydroxyl groups excluding tert-OH is 1. The Labute approximate surface area is 292 Å². The summed E-state index contributed by atoms with van der Waals surface area (Å²) in [7, 11) is -2.52. The summed E-state index contributed by atoms with van der Waals surface area (Å²) in [6.07, 6.45) is 34.5. The highest BCUT2D eigenvalue weighted by atomic mass is 79.9. The fourth-order valence-electron chi connectivity index (χ4n) is 5.56. The first kappa shape index (κ1) is 45.8. The SMILES string of the molecule is CCCCCCCCCCCCC/C=C/C(O)C(COP(=O)(OC)OCCBr)NC(=O)CCCCCCCCCCCCCCC. The van der Waals surface area contributed by atoms with Gasteiger partial charge in [-0.25, -0.2) is 4.57 Å². The summed E-state index contributed by atoms with van der Waals surface area (Å²) in [4.78, 5) is 12.8. The molecule has 0 aliphatic rings. The maximum atomic E-state index is 12.8. The van der Waals surface area contributed by atoms with Crippen LogP contribution in [-0.4, -0.2) is 48.8 Å². The first-order valence-corrected chi connectivity index (χ1v) is 21.7. The van der Waals surface area contributed by atoms with Gasteiger partial charge in [-0.3, -0.25) is 18.4 Å². The molecule has 3 unspecified atom stereocenters. The minimum absolute atomic E-state index is 0.136. The van der Waals surface area contributed by atoms with E-state index in [0.29, 0.717) is 11.8 Å². The van der Waals surface area contributed by atoms with Gasteiger partial charge in [0.05, 0.1) is 25.4 Å². The van der Waals surface area contributed by atoms with Crippen molar-refractivity contribution in [3.05, 3.63) is 12.2 Å². The molecule has 1 amide bonds. The molecular formula is C37H73BrNO6P. The number of hydrogen-bond donors (Lipinski definition) is 2. The van der Waals surface area contributed by atoms with Gasteiger partial charge in [-0.05, 0) is 19.3 Å². The summed E-state index contributed by atoms with van der Waals surface area (Å²) in [5, 5.41) is 14.3. The molecule has 2 N–H and O–H groups in total. The van der Waals surface area contributed by atoms with Crippen molar-refractivity contribution in [2.45, 2.75) is 193 Å². The number of phosphoric ester groups is 1. The highest BCUT2D eigenvalue weighted by Crippen LogP contribution is 2.48. The largest absolute Gasteiger partial charge is 0.474 e. The zero-order valence-corrected chi connectivity index (χ0v) is 32.6. The Kier molecular flexibility index (Phi) is 34.4. The van der Waals surface area contributed by atoms with Crippen LogP contribution in [0.5, 0.6) is 0 Å². The third-order valence-electron chi connectivity index (χ3n) is 8.54. The van der Waals surface area contributed by atoms with Crippen molar-refractivity contribution in [3.63, 3.8) is 0 Å². The fraction of sp³-hybridized carbons (Fsp3) is 0.919. The van der Waals surface area contributed by atoms with Gasteiger partial charge in [0.25, 0.3) is 0 Å². The van der Waals surface area contributed by atoms with Crippen molar-refractivity contribution in [1.82, 2.24) is 5.32 Å². The average molecular weight is 739 g/mol. The van der Waals surface area contributed by atoms with Gasteiger partial charge < -0.3 is 10.4 Å². The molecule has 0 saturated carbocycles. The molecule has 0 aromatic rings. The van der Waals surface area contributed by atoms with E-state index in [1.54, 1.807) is 6.08 Å². The Hall–Kier alpha value is -0.240. The van der Waals surface area contributed by atoms with Crippen molar-refractivity contribution in [3.8, 4) is 0 Å². The lowest BCUT2D eigenvalue weighted by atomic mass is 10.0. The molecule has 0 aromatic heterocycles. The highest BCUT2D eigenvalue weighted by Gasteiger charge is 2.29. The van der Waals surface area contributed by atoms with Gasteiger partial charge in [0.2, 0.25) is 5.91 Å². The maximum absolute atomic E-state index is 12.8. The lowest BCUT2D eigenvalue weighted by Gasteiger charge is -2.24. The van der Waals surface area contributed by atoms with E-state index in [2.05, 4.69) is 35.1 Å². The van der Waals surface area contributed by atoms with Crippen molar-refractivity contribution in [2.75, 3.05) is 25.7 Å². The number of rotatable bonds is 36. The molecule has 0 heterocycles. The number of phosphoric acid groups is 1. The molecule has 0 rings (SSSR count). The number of unbranched alkanes of at least 4 members (excludes halogenated alkanes) is 23. The smallest absolute Gasteiger partial charge is 0.387 e. The molecule has 46 heavy (non-hydrogen) atoms. The van der Waals surface area contributed by atoms with Crippen LogP contribution in [0.4, 0.5) is 0 Å². The number of aliphatic hydroxyl groups is 1. The van der Waals surface area contributed by atoms with Gasteiger partial charge in [0.1, 0.15) is 0 Å². The number of halogens is 1. The lowest BCUT2D eigenvalue weighted by molar-refractivity contribution is -0.123. The molecule has 0 aromatic carbocycles. The number of carbonyl (C=O) groups is 1. The predicted octanol–water partition coefficient (Wildman–Crippen LogP) is 11.8. The lowest BCUT2D eigenvalue weighted by Crippen LogP contribution is -2.45. The standard InChI is InChI=1S/C37H73BrNO6P/c1-4-6-8-10-12-14-16-18-20-22-24-26-28-30-36(40)35(34-45-46(42,43-3)44-33-32-38)39-37(41)31-29-27-25-23-21-19-17-15-13-11-9-7-5-2/h28,30,35-36,40H,4-27,29,31-34H2,1-3H3,(H,39,41)/b30-28+. The van der Waals surface area contributed by atoms with E-state index in [-0.39, 0.29) is 19.1 Å². The maximum Gasteiger partial charge on any atom is 0.474 e. The summed E-state index contributed by atoms with van der Waals surface area (Å²) in [5.41, 5.74) is 0. The van der Waals surface area contributed by atoms with Crippen LogP contribution in [0.2, 0.25) is 0 Å². The summed E-state index contributed by atoms with van der Waals surface area (Å²) >= 11 is 3.24. The minimum atomic E-state index is -3.78. The van der Waals surface area contributed by atoms with Crippen LogP contribution >= 0.6 is 23.8 Å². The van der Waals surface area contributed by atoms with Crippen molar-refractivity contribution in [1.29, 1.82) is 0 Å². The molecule has 3 atom stereocenters. The summed E-state index contributed by atoms with van der Waals surface area (Å²) < 4.78 is 28.5. The summed E-state index contributed by atoms with van der Waals surface area (Å²) in [6.45, 7) is 4.49. The molecule has 7 nitrogen and oxygen atoms in total. The first-order valence-electron chi connectivity index (χ1n) is 19.1. The number of alkyl halides is 1. The fourth-order valence-corrected chi connectivity index (χ4v) is 6.92. The molecule has 0 spiro atoms. The van der Waals surface area contributed by atoms with Gasteiger partial charge in [-0.15, -0.1) is 0 Å². The molecule has 0 fully saturated rings. The van der Waals surface area contributed by atoms with E-state index in [9.17, 15) is 14.5 Å². The van der Waals surface area contributed by atoms with Crippen molar-refractivity contribution >= 4 is 29.7 Å². The molecule has 9 heteroatoms. The second-order valence-corrected chi connectivity index (χ2v) is 15.4. The van der Waals surface area contributed by atoms with E-state index in [1.165, 1.54) is 136 Å². The van der Waals surface area contributed by atoms with Crippen LogP contribution in [0.15, 0.2) is 12.2 Å². The Balaban J connectivity index is 4.42. The van der Waals surface area contributed by atoms with E-state index < -0.39 is 20.0 Å². The molecule has 0 bridgehead atoms. The van der Waals surface area contributed by atoms with E-state index in [1.807, 2.05) is 6.08 Å². The third kappa shape index (κ3) is 29.9. The van der Waals surface area contributed by atoms with Crippen LogP contribution in [-0.2, 0) is 22.9 Å². The predicted molar refractivity (Wildman–Crippen MR) is 199 cm³/mol. The van der Waals surface area contributed by atoms with Crippen molar-refractivity contribution in [2.24, 2.45) is 0 Å². The van der Waals surface area contributed by atoms with Gasteiger partial charge in [-0.2, -0.15) is 0 Å². The topological polar surface area (TPSA) is 94.1 Å². The Morgan fingerprint density at radius 1 is 0.717 bits per heavy atom. The number of allylic oxidation sites excluding steroid dienone is 1. The second-order valence-electron chi connectivity index (χ2n) is 12.9. The Morgan fingerprint density at radius 3 is 1.59 bits per heavy atom. The Morgan fingerprint density at radius 2 is 1.15 bits per heavy atom. The highest BCUT2D eigenvalue weighted by molar-refractivity contribution is 9.09. The van der Waals surface area contributed by atoms with Crippen LogP contribution in [0.25, 0.3) is 0 Å². The molecule has 0 saturated heterocycles. The van der Waals surface area contributed by atoms with Gasteiger partial charge in [-0.1, -0.05) is 183 Å². The number of hydrogen-bond acceptors (Lipinski definition) is 6. The Bertz CT molecular complexity index is 741. The zero-order chi connectivity index (χ0) is 34.0. The molecule has 0 radical (unpaired) electrons. The number of amides is 1. The van der Waals surface area contributed by atoms with Crippen molar-refractivity contribution < 1.29 is 28.0 Å².